The largest absolute Gasteiger partial charge is 0.354 e. The molecular formula is C18H20FN3Si. The third-order valence-corrected chi connectivity index (χ3v) is 4.99. The Kier molecular flexibility index (Phi) is 4.13. The van der Waals surface area contributed by atoms with Gasteiger partial charge in [0.1, 0.15) is 0 Å². The molecule has 3 aromatic rings. The second-order valence-electron chi connectivity index (χ2n) is 6.91. The van der Waals surface area contributed by atoms with Crippen LogP contribution in [0.2, 0.25) is 19.6 Å². The fourth-order valence-electron chi connectivity index (χ4n) is 2.58. The highest BCUT2D eigenvalue weighted by Crippen LogP contribution is 2.26. The van der Waals surface area contributed by atoms with Crippen molar-refractivity contribution in [3.05, 3.63) is 60.3 Å². The number of hydrogen-bond donors (Lipinski definition) is 1. The van der Waals surface area contributed by atoms with E-state index < -0.39 is 8.07 Å². The number of para-hydroxylation sites is 1. The summed E-state index contributed by atoms with van der Waals surface area (Å²) in [5, 5.41) is 4.36. The summed E-state index contributed by atoms with van der Waals surface area (Å²) in [6, 6.07) is 12.5. The summed E-state index contributed by atoms with van der Waals surface area (Å²) in [6.45, 7) is 6.67. The molecule has 1 N–H and O–H groups in total. The van der Waals surface area contributed by atoms with Crippen LogP contribution in [0.4, 0.5) is 15.8 Å². The van der Waals surface area contributed by atoms with Gasteiger partial charge in [-0.05, 0) is 24.2 Å². The average Bonchev–Trinajstić information content (AvgIpc) is 2.50. The van der Waals surface area contributed by atoms with Crippen molar-refractivity contribution < 1.29 is 4.39 Å². The minimum absolute atomic E-state index is 0.383. The van der Waals surface area contributed by atoms with E-state index in [1.807, 2.05) is 36.4 Å². The van der Waals surface area contributed by atoms with Crippen LogP contribution in [-0.4, -0.2) is 18.0 Å². The summed E-state index contributed by atoms with van der Waals surface area (Å²) in [5.41, 5.74) is 3.24. The molecule has 0 bridgehead atoms. The van der Waals surface area contributed by atoms with E-state index in [1.54, 1.807) is 6.20 Å². The molecule has 0 aliphatic rings. The predicted molar refractivity (Wildman–Crippen MR) is 96.3 cm³/mol. The molecule has 0 saturated carbocycles. The number of hydrogen-bond acceptors (Lipinski definition) is 3. The van der Waals surface area contributed by atoms with Crippen LogP contribution in [0, 0.1) is 5.95 Å². The van der Waals surface area contributed by atoms with Crippen LogP contribution in [0.3, 0.4) is 0 Å². The molecule has 0 atom stereocenters. The molecule has 1 aromatic carbocycles. The lowest BCUT2D eigenvalue weighted by molar-refractivity contribution is 0.573. The van der Waals surface area contributed by atoms with Gasteiger partial charge in [0, 0.05) is 30.9 Å². The Morgan fingerprint density at radius 3 is 2.65 bits per heavy atom. The van der Waals surface area contributed by atoms with Gasteiger partial charge in [0.05, 0.1) is 17.4 Å². The van der Waals surface area contributed by atoms with E-state index in [2.05, 4.69) is 34.9 Å². The van der Waals surface area contributed by atoms with Gasteiger partial charge in [-0.2, -0.15) is 4.39 Å². The Balaban J connectivity index is 1.96. The quantitative estimate of drug-likeness (QED) is 0.546. The number of rotatable bonds is 4. The molecule has 0 fully saturated rings. The Morgan fingerprint density at radius 2 is 1.87 bits per heavy atom. The standard InChI is InChI=1S/C18H20FN3Si/c1-23(2,3)12-15-17(8-9-20-18(15)19)22-14-10-13-6-4-5-7-16(13)21-11-14/h4-11H,12H2,1-3H3,(H,20,22). The number of benzene rings is 1. The molecule has 118 valence electrons. The fourth-order valence-corrected chi connectivity index (χ4v) is 3.97. The number of pyridine rings is 2. The Bertz CT molecular complexity index is 843. The maximum Gasteiger partial charge on any atom is 0.217 e. The Hall–Kier alpha value is -2.27. The molecule has 3 rings (SSSR count). The summed E-state index contributed by atoms with van der Waals surface area (Å²) in [5.74, 6) is -0.383. The van der Waals surface area contributed by atoms with Gasteiger partial charge in [-0.25, -0.2) is 4.98 Å². The van der Waals surface area contributed by atoms with Crippen molar-refractivity contribution in [1.29, 1.82) is 0 Å². The number of fused-ring (bicyclic) bond motifs is 1. The number of aromatic nitrogens is 2. The summed E-state index contributed by atoms with van der Waals surface area (Å²) >= 11 is 0. The molecule has 0 saturated heterocycles. The van der Waals surface area contributed by atoms with Gasteiger partial charge in [-0.15, -0.1) is 0 Å². The minimum Gasteiger partial charge on any atom is -0.354 e. The van der Waals surface area contributed by atoms with E-state index in [4.69, 9.17) is 0 Å². The third kappa shape index (κ3) is 3.74. The Labute approximate surface area is 136 Å². The highest BCUT2D eigenvalue weighted by molar-refractivity contribution is 6.75. The van der Waals surface area contributed by atoms with Crippen molar-refractivity contribution >= 4 is 30.4 Å². The van der Waals surface area contributed by atoms with Crippen molar-refractivity contribution in [3.8, 4) is 0 Å². The summed E-state index contributed by atoms with van der Waals surface area (Å²) < 4.78 is 14.2. The number of nitrogens with zero attached hydrogens (tertiary/aromatic N) is 2. The summed E-state index contributed by atoms with van der Waals surface area (Å²) in [6.07, 6.45) is 3.28. The van der Waals surface area contributed by atoms with Gasteiger partial charge in [-0.3, -0.25) is 4.98 Å². The van der Waals surface area contributed by atoms with Gasteiger partial charge < -0.3 is 5.32 Å². The lowest BCUT2D eigenvalue weighted by atomic mass is 10.2. The van der Waals surface area contributed by atoms with Gasteiger partial charge in [-0.1, -0.05) is 37.8 Å². The van der Waals surface area contributed by atoms with Crippen LogP contribution in [-0.2, 0) is 6.04 Å². The number of nitrogens with one attached hydrogen (secondary N) is 1. The first-order valence-electron chi connectivity index (χ1n) is 7.68. The van der Waals surface area contributed by atoms with Crippen molar-refractivity contribution in [2.45, 2.75) is 25.7 Å². The lowest BCUT2D eigenvalue weighted by Crippen LogP contribution is -2.25. The van der Waals surface area contributed by atoms with Crippen LogP contribution in [0.1, 0.15) is 5.56 Å². The van der Waals surface area contributed by atoms with Gasteiger partial charge >= 0.3 is 0 Å². The van der Waals surface area contributed by atoms with Crippen LogP contribution < -0.4 is 5.32 Å². The van der Waals surface area contributed by atoms with E-state index in [0.29, 0.717) is 5.56 Å². The van der Waals surface area contributed by atoms with Crippen molar-refractivity contribution in [3.63, 3.8) is 0 Å². The molecule has 0 aliphatic carbocycles. The molecule has 0 unspecified atom stereocenters. The smallest absolute Gasteiger partial charge is 0.217 e. The molecule has 5 heteroatoms. The zero-order valence-corrected chi connectivity index (χ0v) is 14.6. The first-order chi connectivity index (χ1) is 10.9. The molecule has 0 spiro atoms. The normalized spacial score (nSPS) is 11.7. The Morgan fingerprint density at radius 1 is 1.09 bits per heavy atom. The number of halogens is 1. The maximum atomic E-state index is 14.2. The molecule has 0 aliphatic heterocycles. The first kappa shape index (κ1) is 15.6. The second-order valence-corrected chi connectivity index (χ2v) is 12.4. The molecule has 3 nitrogen and oxygen atoms in total. The summed E-state index contributed by atoms with van der Waals surface area (Å²) in [4.78, 5) is 8.26. The van der Waals surface area contributed by atoms with E-state index in [0.717, 1.165) is 28.3 Å². The van der Waals surface area contributed by atoms with Crippen molar-refractivity contribution in [2.75, 3.05) is 5.32 Å². The van der Waals surface area contributed by atoms with Crippen LogP contribution in [0.5, 0.6) is 0 Å². The van der Waals surface area contributed by atoms with E-state index in [1.165, 1.54) is 6.20 Å². The number of anilines is 2. The van der Waals surface area contributed by atoms with Gasteiger partial charge in [0.25, 0.3) is 0 Å². The highest BCUT2D eigenvalue weighted by Gasteiger charge is 2.20. The third-order valence-electron chi connectivity index (χ3n) is 3.58. The zero-order chi connectivity index (χ0) is 16.4. The van der Waals surface area contributed by atoms with Crippen LogP contribution in [0.25, 0.3) is 10.9 Å². The fraction of sp³-hybridized carbons (Fsp3) is 0.222. The van der Waals surface area contributed by atoms with Gasteiger partial charge in [0.2, 0.25) is 5.95 Å². The molecule has 23 heavy (non-hydrogen) atoms. The lowest BCUT2D eigenvalue weighted by Gasteiger charge is -2.19. The molecule has 2 aromatic heterocycles. The molecule has 0 amide bonds. The molecular weight excluding hydrogens is 305 g/mol. The highest BCUT2D eigenvalue weighted by atomic mass is 28.3. The average molecular weight is 325 g/mol. The second kappa shape index (κ2) is 6.08. The predicted octanol–water partition coefficient (Wildman–Crippen LogP) is 4.93. The van der Waals surface area contributed by atoms with Crippen molar-refractivity contribution in [2.24, 2.45) is 0 Å². The summed E-state index contributed by atoms with van der Waals surface area (Å²) in [7, 11) is -1.46. The van der Waals surface area contributed by atoms with E-state index in [-0.39, 0.29) is 5.95 Å². The van der Waals surface area contributed by atoms with Crippen LogP contribution >= 0.6 is 0 Å². The monoisotopic (exact) mass is 325 g/mol. The van der Waals surface area contributed by atoms with E-state index >= 15 is 0 Å². The zero-order valence-electron chi connectivity index (χ0n) is 13.6. The molecule has 2 heterocycles. The SMILES string of the molecule is C[Si](C)(C)Cc1c(Nc2cnc3ccccc3c2)ccnc1F. The maximum absolute atomic E-state index is 14.2. The minimum atomic E-state index is -1.46. The van der Waals surface area contributed by atoms with Gasteiger partial charge in [0.15, 0.2) is 0 Å². The van der Waals surface area contributed by atoms with Crippen molar-refractivity contribution in [1.82, 2.24) is 9.97 Å². The van der Waals surface area contributed by atoms with Crippen LogP contribution in [0.15, 0.2) is 48.8 Å². The first-order valence-corrected chi connectivity index (χ1v) is 11.4. The molecule has 0 radical (unpaired) electrons. The topological polar surface area (TPSA) is 37.8 Å². The van der Waals surface area contributed by atoms with E-state index in [9.17, 15) is 4.39 Å².